The van der Waals surface area contributed by atoms with Gasteiger partial charge < -0.3 is 25.2 Å². The molecule has 10 heteroatoms. The topological polar surface area (TPSA) is 85.9 Å². The zero-order chi connectivity index (χ0) is 28.2. The molecule has 40 heavy (non-hydrogen) atoms. The van der Waals surface area contributed by atoms with Gasteiger partial charge in [0.2, 0.25) is 5.95 Å². The fraction of sp³-hybridized carbons (Fsp3) is 0.433. The number of piperazine rings is 1. The van der Waals surface area contributed by atoms with Crippen molar-refractivity contribution in [1.29, 1.82) is 0 Å². The van der Waals surface area contributed by atoms with Crippen molar-refractivity contribution in [3.63, 3.8) is 0 Å². The van der Waals surface area contributed by atoms with Gasteiger partial charge in [-0.15, -0.1) is 0 Å². The second-order valence-electron chi connectivity index (χ2n) is 10.6. The number of halogens is 1. The van der Waals surface area contributed by atoms with Gasteiger partial charge in [0.15, 0.2) is 5.78 Å². The van der Waals surface area contributed by atoms with Gasteiger partial charge in [0.1, 0.15) is 11.6 Å². The molecule has 212 valence electrons. The zero-order valence-electron chi connectivity index (χ0n) is 23.7. The van der Waals surface area contributed by atoms with Crippen LogP contribution in [0.4, 0.5) is 28.8 Å². The Kier molecular flexibility index (Phi) is 8.87. The van der Waals surface area contributed by atoms with E-state index in [9.17, 15) is 4.79 Å². The van der Waals surface area contributed by atoms with Gasteiger partial charge in [-0.1, -0.05) is 12.1 Å². The molecule has 2 aliphatic heterocycles. The molecule has 2 aromatic carbocycles. The molecule has 2 saturated heterocycles. The standard InChI is InChI=1S/C30H38BrN7O2/c1-20-17-26(34-30-32-19-24(31)29(35-30)33-25-8-6-5-7-23(25)21(2)39)28(40-4)18-27(20)38-11-9-22(10-12-38)37-15-13-36(3)14-16-37/h5-8,17-19,22H,9-16H2,1-4H3,(H2,32,33,34,35). The van der Waals surface area contributed by atoms with Crippen LogP contribution in [0.3, 0.4) is 0 Å². The number of methoxy groups -OCH3 is 1. The highest BCUT2D eigenvalue weighted by atomic mass is 79.9. The summed E-state index contributed by atoms with van der Waals surface area (Å²) in [6, 6.07) is 12.3. The Bertz CT molecular complexity index is 1350. The maximum absolute atomic E-state index is 12.1. The predicted molar refractivity (Wildman–Crippen MR) is 165 cm³/mol. The molecule has 0 radical (unpaired) electrons. The Morgan fingerprint density at radius 2 is 1.75 bits per heavy atom. The number of aromatic nitrogens is 2. The molecule has 0 atom stereocenters. The number of para-hydroxylation sites is 1. The fourth-order valence-corrected chi connectivity index (χ4v) is 5.90. The van der Waals surface area contributed by atoms with E-state index >= 15 is 0 Å². The molecule has 2 fully saturated rings. The van der Waals surface area contributed by atoms with Crippen molar-refractivity contribution in [2.45, 2.75) is 32.7 Å². The van der Waals surface area contributed by atoms with Crippen LogP contribution in [0.1, 0.15) is 35.7 Å². The third-order valence-electron chi connectivity index (χ3n) is 7.93. The summed E-state index contributed by atoms with van der Waals surface area (Å²) in [4.78, 5) is 28.8. The number of aryl methyl sites for hydroxylation is 1. The van der Waals surface area contributed by atoms with E-state index < -0.39 is 0 Å². The number of nitrogens with one attached hydrogen (secondary N) is 2. The highest BCUT2D eigenvalue weighted by Crippen LogP contribution is 2.36. The fourth-order valence-electron chi connectivity index (χ4n) is 5.61. The van der Waals surface area contributed by atoms with E-state index in [-0.39, 0.29) is 5.78 Å². The third-order valence-corrected chi connectivity index (χ3v) is 8.51. The zero-order valence-corrected chi connectivity index (χ0v) is 25.3. The van der Waals surface area contributed by atoms with Crippen molar-refractivity contribution in [3.8, 4) is 5.75 Å². The summed E-state index contributed by atoms with van der Waals surface area (Å²) in [6.45, 7) is 10.4. The Morgan fingerprint density at radius 1 is 1.02 bits per heavy atom. The molecule has 5 rings (SSSR count). The molecular formula is C30H38BrN7O2. The number of nitrogens with zero attached hydrogens (tertiary/aromatic N) is 5. The van der Waals surface area contributed by atoms with Gasteiger partial charge in [0.25, 0.3) is 0 Å². The first-order valence-corrected chi connectivity index (χ1v) is 14.6. The van der Waals surface area contributed by atoms with Crippen LogP contribution >= 0.6 is 15.9 Å². The minimum atomic E-state index is -0.0181. The number of rotatable bonds is 8. The van der Waals surface area contributed by atoms with Crippen LogP contribution in [0.15, 0.2) is 47.1 Å². The number of anilines is 5. The number of piperidine rings is 1. The molecule has 0 amide bonds. The molecular weight excluding hydrogens is 570 g/mol. The normalized spacial score (nSPS) is 17.1. The lowest BCUT2D eigenvalue weighted by atomic mass is 10.0. The van der Waals surface area contributed by atoms with Gasteiger partial charge >= 0.3 is 0 Å². The van der Waals surface area contributed by atoms with Crippen LogP contribution in [-0.4, -0.2) is 85.0 Å². The number of benzene rings is 2. The number of ketones is 1. The van der Waals surface area contributed by atoms with E-state index in [1.165, 1.54) is 37.2 Å². The molecule has 3 heterocycles. The molecule has 0 unspecified atom stereocenters. The summed E-state index contributed by atoms with van der Waals surface area (Å²) < 4.78 is 6.49. The molecule has 2 N–H and O–H groups in total. The van der Waals surface area contributed by atoms with Crippen molar-refractivity contribution in [2.24, 2.45) is 0 Å². The lowest BCUT2D eigenvalue weighted by molar-refractivity contribution is 0.0982. The Labute approximate surface area is 245 Å². The smallest absolute Gasteiger partial charge is 0.229 e. The molecule has 1 aromatic heterocycles. The highest BCUT2D eigenvalue weighted by Gasteiger charge is 2.27. The SMILES string of the molecule is COc1cc(N2CCC(N3CCN(C)CC3)CC2)c(C)cc1Nc1ncc(Br)c(Nc2ccccc2C(C)=O)n1. The number of Topliss-reactive ketones (excluding diaryl/α,β-unsaturated/α-hetero) is 1. The highest BCUT2D eigenvalue weighted by molar-refractivity contribution is 9.10. The summed E-state index contributed by atoms with van der Waals surface area (Å²) in [7, 11) is 3.90. The summed E-state index contributed by atoms with van der Waals surface area (Å²) in [5.41, 5.74) is 4.47. The Morgan fingerprint density at radius 3 is 2.45 bits per heavy atom. The summed E-state index contributed by atoms with van der Waals surface area (Å²) in [5.74, 6) is 1.70. The molecule has 0 aliphatic carbocycles. The van der Waals surface area contributed by atoms with Crippen LogP contribution in [-0.2, 0) is 0 Å². The van der Waals surface area contributed by atoms with E-state index in [0.29, 0.717) is 33.5 Å². The predicted octanol–water partition coefficient (Wildman–Crippen LogP) is 5.46. The lowest BCUT2D eigenvalue weighted by Crippen LogP contribution is -2.52. The summed E-state index contributed by atoms with van der Waals surface area (Å²) in [5, 5.41) is 6.60. The molecule has 3 aromatic rings. The first-order valence-electron chi connectivity index (χ1n) is 13.8. The average molecular weight is 609 g/mol. The maximum atomic E-state index is 12.1. The van der Waals surface area contributed by atoms with Crippen molar-refractivity contribution in [3.05, 3.63) is 58.2 Å². The van der Waals surface area contributed by atoms with E-state index in [2.05, 4.69) is 77.3 Å². The van der Waals surface area contributed by atoms with Crippen LogP contribution in [0.5, 0.6) is 5.75 Å². The lowest BCUT2D eigenvalue weighted by Gasteiger charge is -2.43. The quantitative estimate of drug-likeness (QED) is 0.324. The first-order chi connectivity index (χ1) is 19.3. The van der Waals surface area contributed by atoms with Gasteiger partial charge in [-0.25, -0.2) is 4.98 Å². The van der Waals surface area contributed by atoms with Gasteiger partial charge in [-0.2, -0.15) is 4.98 Å². The van der Waals surface area contributed by atoms with Crippen LogP contribution < -0.4 is 20.3 Å². The van der Waals surface area contributed by atoms with E-state index in [1.54, 1.807) is 26.3 Å². The van der Waals surface area contributed by atoms with Crippen molar-refractivity contribution in [2.75, 3.05) is 69.0 Å². The monoisotopic (exact) mass is 607 g/mol. The van der Waals surface area contributed by atoms with Gasteiger partial charge in [0.05, 0.1) is 23.0 Å². The average Bonchev–Trinajstić information content (AvgIpc) is 2.96. The minimum absolute atomic E-state index is 0.0181. The van der Waals surface area contributed by atoms with Crippen molar-refractivity contribution < 1.29 is 9.53 Å². The van der Waals surface area contributed by atoms with E-state index in [4.69, 9.17) is 4.74 Å². The Balaban J connectivity index is 1.30. The first kappa shape index (κ1) is 28.3. The van der Waals surface area contributed by atoms with Crippen molar-refractivity contribution >= 4 is 50.5 Å². The molecule has 0 spiro atoms. The number of hydrogen-bond acceptors (Lipinski definition) is 9. The Hall–Kier alpha value is -3.21. The number of likely N-dealkylation sites (N-methyl/N-ethyl adjacent to an activating group) is 1. The third kappa shape index (κ3) is 6.40. The van der Waals surface area contributed by atoms with Crippen molar-refractivity contribution in [1.82, 2.24) is 19.8 Å². The van der Waals surface area contributed by atoms with Gasteiger partial charge in [-0.05, 0) is 73.4 Å². The van der Waals surface area contributed by atoms with Crippen LogP contribution in [0, 0.1) is 6.92 Å². The van der Waals surface area contributed by atoms with Gasteiger partial charge in [-0.3, -0.25) is 9.69 Å². The summed E-state index contributed by atoms with van der Waals surface area (Å²) in [6.07, 6.45) is 4.05. The second kappa shape index (κ2) is 12.5. The number of carbonyl (C=O) groups is 1. The van der Waals surface area contributed by atoms with Gasteiger partial charge in [0, 0.05) is 68.8 Å². The van der Waals surface area contributed by atoms with E-state index in [0.717, 1.165) is 37.6 Å². The minimum Gasteiger partial charge on any atom is -0.494 e. The summed E-state index contributed by atoms with van der Waals surface area (Å²) >= 11 is 3.52. The molecule has 2 aliphatic rings. The maximum Gasteiger partial charge on any atom is 0.229 e. The number of carbonyl (C=O) groups excluding carboxylic acids is 1. The largest absolute Gasteiger partial charge is 0.494 e. The molecule has 9 nitrogen and oxygen atoms in total. The molecule has 0 bridgehead atoms. The van der Waals surface area contributed by atoms with Crippen LogP contribution in [0.25, 0.3) is 0 Å². The number of ether oxygens (including phenoxy) is 1. The van der Waals surface area contributed by atoms with E-state index in [1.807, 2.05) is 18.2 Å². The molecule has 0 saturated carbocycles. The second-order valence-corrected chi connectivity index (χ2v) is 11.5. The van der Waals surface area contributed by atoms with Crippen LogP contribution in [0.2, 0.25) is 0 Å². The number of hydrogen-bond donors (Lipinski definition) is 2.